The average molecular weight is 961 g/mol. The lowest BCUT2D eigenvalue weighted by Crippen LogP contribution is -2.60. The van der Waals surface area contributed by atoms with Gasteiger partial charge < -0.3 is 40.3 Å². The molecule has 0 saturated carbocycles. The topological polar surface area (TPSA) is 149 Å². The molecule has 0 bridgehead atoms. The third kappa shape index (κ3) is 37.9. The van der Waals surface area contributed by atoms with Crippen molar-refractivity contribution < 1.29 is 39.8 Å². The van der Waals surface area contributed by atoms with Gasteiger partial charge in [0.2, 0.25) is 5.91 Å². The SMILES string of the molecule is CCCCCCC/C=C/CC/C=C/CC/C=C/C(O)C(COC1OC(CO)C(O)C(O)C1O)NC(=O)CCCCCCCCCCCCCCCC/C=C\CCCCCCCCCCCCCC. The maximum absolute atomic E-state index is 13.0. The Hall–Kier alpha value is -1.85. The number of carbonyl (C=O) groups excluding carboxylic acids is 1. The first-order valence-electron chi connectivity index (χ1n) is 28.9. The molecule has 9 nitrogen and oxygen atoms in total. The lowest BCUT2D eigenvalue weighted by atomic mass is 9.99. The minimum absolute atomic E-state index is 0.189. The van der Waals surface area contributed by atoms with Crippen LogP contribution in [-0.4, -0.2) is 87.5 Å². The molecule has 0 aromatic rings. The summed E-state index contributed by atoms with van der Waals surface area (Å²) in [5, 5.41) is 54.4. The van der Waals surface area contributed by atoms with Crippen LogP contribution in [0, 0.1) is 0 Å². The predicted octanol–water partition coefficient (Wildman–Crippen LogP) is 14.1. The van der Waals surface area contributed by atoms with Crippen molar-refractivity contribution in [3.8, 4) is 0 Å². The lowest BCUT2D eigenvalue weighted by molar-refractivity contribution is -0.302. The van der Waals surface area contributed by atoms with Crippen LogP contribution in [0.2, 0.25) is 0 Å². The van der Waals surface area contributed by atoms with Gasteiger partial charge in [0.1, 0.15) is 24.4 Å². The Morgan fingerprint density at radius 2 is 0.838 bits per heavy atom. The second kappa shape index (κ2) is 48.8. The molecule has 1 amide bonds. The highest BCUT2D eigenvalue weighted by atomic mass is 16.7. The summed E-state index contributed by atoms with van der Waals surface area (Å²) in [6.07, 6.45) is 57.6. The van der Waals surface area contributed by atoms with E-state index in [0.29, 0.717) is 6.42 Å². The molecule has 1 rings (SSSR count). The second-order valence-electron chi connectivity index (χ2n) is 20.1. The molecule has 1 aliphatic heterocycles. The van der Waals surface area contributed by atoms with Crippen LogP contribution in [0.1, 0.15) is 264 Å². The van der Waals surface area contributed by atoms with Crippen LogP contribution < -0.4 is 5.32 Å². The van der Waals surface area contributed by atoms with Gasteiger partial charge >= 0.3 is 0 Å². The van der Waals surface area contributed by atoms with Gasteiger partial charge in [0.15, 0.2) is 6.29 Å². The van der Waals surface area contributed by atoms with Crippen LogP contribution in [0.25, 0.3) is 0 Å². The average Bonchev–Trinajstić information content (AvgIpc) is 3.34. The van der Waals surface area contributed by atoms with E-state index in [2.05, 4.69) is 55.6 Å². The number of hydrogen-bond donors (Lipinski definition) is 6. The summed E-state index contributed by atoms with van der Waals surface area (Å²) in [5.74, 6) is -0.189. The van der Waals surface area contributed by atoms with Crippen molar-refractivity contribution in [2.24, 2.45) is 0 Å². The van der Waals surface area contributed by atoms with Crippen LogP contribution in [0.15, 0.2) is 48.6 Å². The normalized spacial score (nSPS) is 19.9. The van der Waals surface area contributed by atoms with Crippen LogP contribution in [0.3, 0.4) is 0 Å². The Balaban J connectivity index is 2.18. The lowest BCUT2D eigenvalue weighted by Gasteiger charge is -2.40. The maximum atomic E-state index is 13.0. The number of rotatable bonds is 49. The first-order chi connectivity index (χ1) is 33.3. The molecular weight excluding hydrogens is 851 g/mol. The van der Waals surface area contributed by atoms with E-state index in [-0.39, 0.29) is 12.5 Å². The van der Waals surface area contributed by atoms with Crippen LogP contribution in [0.4, 0.5) is 0 Å². The molecule has 0 radical (unpaired) electrons. The van der Waals surface area contributed by atoms with Crippen molar-refractivity contribution in [2.45, 2.75) is 307 Å². The zero-order valence-corrected chi connectivity index (χ0v) is 44.1. The van der Waals surface area contributed by atoms with Crippen LogP contribution in [-0.2, 0) is 14.3 Å². The van der Waals surface area contributed by atoms with E-state index in [1.54, 1.807) is 6.08 Å². The summed E-state index contributed by atoms with van der Waals surface area (Å²) in [4.78, 5) is 13.0. The molecule has 0 aliphatic carbocycles. The Bertz CT molecular complexity index is 1210. The monoisotopic (exact) mass is 960 g/mol. The highest BCUT2D eigenvalue weighted by Crippen LogP contribution is 2.23. The van der Waals surface area contributed by atoms with Crippen LogP contribution in [0.5, 0.6) is 0 Å². The van der Waals surface area contributed by atoms with Gasteiger partial charge in [0.05, 0.1) is 25.4 Å². The number of allylic oxidation sites excluding steroid dienone is 7. The van der Waals surface area contributed by atoms with E-state index in [0.717, 1.165) is 51.4 Å². The van der Waals surface area contributed by atoms with E-state index in [9.17, 15) is 30.3 Å². The number of ether oxygens (including phenoxy) is 2. The summed E-state index contributed by atoms with van der Waals surface area (Å²) in [5.41, 5.74) is 0. The molecule has 1 heterocycles. The quantitative estimate of drug-likeness (QED) is 0.0261. The number of carbonyl (C=O) groups is 1. The molecule has 1 aliphatic rings. The largest absolute Gasteiger partial charge is 0.394 e. The third-order valence-electron chi connectivity index (χ3n) is 13.6. The molecule has 7 atom stereocenters. The van der Waals surface area contributed by atoms with E-state index in [4.69, 9.17) is 9.47 Å². The van der Waals surface area contributed by atoms with Gasteiger partial charge in [0.25, 0.3) is 0 Å². The van der Waals surface area contributed by atoms with Crippen molar-refractivity contribution in [3.05, 3.63) is 48.6 Å². The van der Waals surface area contributed by atoms with Gasteiger partial charge in [0, 0.05) is 6.42 Å². The molecule has 6 N–H and O–H groups in total. The number of aliphatic hydroxyl groups is 5. The number of amides is 1. The minimum atomic E-state index is -1.57. The van der Waals surface area contributed by atoms with Crippen molar-refractivity contribution in [3.63, 3.8) is 0 Å². The third-order valence-corrected chi connectivity index (χ3v) is 13.6. The molecule has 0 aromatic carbocycles. The molecule has 7 unspecified atom stereocenters. The number of unbranched alkanes of at least 4 members (excludes halogenated alkanes) is 33. The fourth-order valence-corrected chi connectivity index (χ4v) is 9.01. The van der Waals surface area contributed by atoms with Crippen LogP contribution >= 0.6 is 0 Å². The summed E-state index contributed by atoms with van der Waals surface area (Å²) in [6, 6.07) is -0.828. The van der Waals surface area contributed by atoms with Gasteiger partial charge in [-0.1, -0.05) is 236 Å². The van der Waals surface area contributed by atoms with Gasteiger partial charge in [-0.25, -0.2) is 0 Å². The highest BCUT2D eigenvalue weighted by Gasteiger charge is 2.44. The van der Waals surface area contributed by atoms with Gasteiger partial charge in [-0.05, 0) is 70.6 Å². The zero-order chi connectivity index (χ0) is 49.4. The molecule has 0 spiro atoms. The fraction of sp³-hybridized carbons (Fsp3) is 0.847. The fourth-order valence-electron chi connectivity index (χ4n) is 9.01. The van der Waals surface area contributed by atoms with E-state index < -0.39 is 49.5 Å². The highest BCUT2D eigenvalue weighted by molar-refractivity contribution is 5.76. The summed E-state index contributed by atoms with van der Waals surface area (Å²) in [7, 11) is 0. The van der Waals surface area contributed by atoms with E-state index in [1.165, 1.54) is 193 Å². The second-order valence-corrected chi connectivity index (χ2v) is 20.1. The van der Waals surface area contributed by atoms with E-state index >= 15 is 0 Å². The van der Waals surface area contributed by atoms with Gasteiger partial charge in [-0.2, -0.15) is 0 Å². The number of aliphatic hydroxyl groups excluding tert-OH is 5. The number of hydrogen-bond acceptors (Lipinski definition) is 8. The molecule has 1 saturated heterocycles. The maximum Gasteiger partial charge on any atom is 0.220 e. The van der Waals surface area contributed by atoms with E-state index in [1.807, 2.05) is 6.08 Å². The molecule has 1 fully saturated rings. The van der Waals surface area contributed by atoms with Crippen molar-refractivity contribution >= 4 is 5.91 Å². The Morgan fingerprint density at radius 1 is 0.485 bits per heavy atom. The molecular formula is C59H109NO8. The molecule has 0 aromatic heterocycles. The summed E-state index contributed by atoms with van der Waals surface area (Å²) in [6.45, 7) is 3.76. The molecule has 68 heavy (non-hydrogen) atoms. The summed E-state index contributed by atoms with van der Waals surface area (Å²) < 4.78 is 11.2. The van der Waals surface area contributed by atoms with Crippen molar-refractivity contribution in [1.29, 1.82) is 0 Å². The Morgan fingerprint density at radius 3 is 1.24 bits per heavy atom. The molecule has 9 heteroatoms. The predicted molar refractivity (Wildman–Crippen MR) is 286 cm³/mol. The minimum Gasteiger partial charge on any atom is -0.394 e. The van der Waals surface area contributed by atoms with Gasteiger partial charge in [-0.15, -0.1) is 0 Å². The number of nitrogens with one attached hydrogen (secondary N) is 1. The summed E-state index contributed by atoms with van der Waals surface area (Å²) >= 11 is 0. The van der Waals surface area contributed by atoms with Crippen molar-refractivity contribution in [2.75, 3.05) is 13.2 Å². The Kier molecular flexibility index (Phi) is 46.0. The molecule has 398 valence electrons. The first-order valence-corrected chi connectivity index (χ1v) is 28.9. The smallest absolute Gasteiger partial charge is 0.220 e. The Labute approximate surface area is 418 Å². The standard InChI is InChI=1S/C59H109NO8/c1-3-5-7-9-11-13-15-17-19-20-21-22-23-24-25-26-27-28-29-30-31-32-33-35-37-39-41-43-45-47-49-55(63)60-52(51-67-59-58(66)57(65)56(64)54(50-61)68-59)53(62)48-46-44-42-40-38-36-34-18-16-14-12-10-8-6-4-2/h16,18,24-25,38,40,46,48,52-54,56-59,61-62,64-66H,3-15,17,19-23,26-37,39,41-45,47,49-51H2,1-2H3,(H,60,63)/b18-16+,25-24-,40-38+,48-46+. The zero-order valence-electron chi connectivity index (χ0n) is 44.1. The van der Waals surface area contributed by atoms with Gasteiger partial charge in [-0.3, -0.25) is 4.79 Å². The van der Waals surface area contributed by atoms with Crippen molar-refractivity contribution in [1.82, 2.24) is 5.32 Å². The first kappa shape index (κ1) is 64.2.